The Hall–Kier alpha value is -3.36. The number of fused-ring (bicyclic) bond motifs is 1. The molecule has 1 amide bonds. The first-order valence-electron chi connectivity index (χ1n) is 11.7. The topological polar surface area (TPSA) is 187 Å². The van der Waals surface area contributed by atoms with Gasteiger partial charge in [-0.15, -0.1) is 0 Å². The number of benzene rings is 2. The molecule has 6 N–H and O–H groups in total. The highest BCUT2D eigenvalue weighted by atomic mass is 32.2. The Morgan fingerprint density at radius 3 is 2.42 bits per heavy atom. The van der Waals surface area contributed by atoms with Crippen LogP contribution in [0.3, 0.4) is 0 Å². The van der Waals surface area contributed by atoms with Gasteiger partial charge in [-0.25, -0.2) is 9.78 Å². The van der Waals surface area contributed by atoms with Gasteiger partial charge in [0, 0.05) is 13.1 Å². The maximum absolute atomic E-state index is 11.5. The largest absolute Gasteiger partial charge is 0.486 e. The summed E-state index contributed by atoms with van der Waals surface area (Å²) >= 11 is 1.41. The zero-order valence-electron chi connectivity index (χ0n) is 20.6. The monoisotopic (exact) mass is 547 g/mol. The molecule has 6 atom stereocenters. The van der Waals surface area contributed by atoms with E-state index in [2.05, 4.69) is 4.98 Å². The fraction of sp³-hybridized carbons (Fsp3) is 0.400. The van der Waals surface area contributed by atoms with Crippen molar-refractivity contribution in [3.05, 3.63) is 53.9 Å². The molecule has 3 unspecified atom stereocenters. The van der Waals surface area contributed by atoms with Gasteiger partial charge in [0.15, 0.2) is 6.10 Å². The van der Waals surface area contributed by atoms with Crippen LogP contribution in [-0.2, 0) is 34.4 Å². The second-order valence-corrected chi connectivity index (χ2v) is 9.89. The molecule has 12 nitrogen and oxygen atoms in total. The number of hydrogen-bond donors (Lipinski definition) is 5. The van der Waals surface area contributed by atoms with Crippen LogP contribution in [0, 0.1) is 0 Å². The zero-order valence-corrected chi connectivity index (χ0v) is 21.4. The van der Waals surface area contributed by atoms with Gasteiger partial charge in [-0.2, -0.15) is 11.8 Å². The molecular weight excluding hydrogens is 518 g/mol. The molecule has 0 aliphatic carbocycles. The Bertz CT molecular complexity index is 1300. The number of imidazole rings is 1. The molecule has 0 spiro atoms. The van der Waals surface area contributed by atoms with E-state index >= 15 is 0 Å². The summed E-state index contributed by atoms with van der Waals surface area (Å²) in [4.78, 5) is 27.4. The molecular formula is C25H29N3O9S. The smallest absolute Gasteiger partial charge is 0.335 e. The van der Waals surface area contributed by atoms with E-state index in [-0.39, 0.29) is 23.5 Å². The number of nitrogens with zero attached hydrogens (tertiary/aromatic N) is 2. The van der Waals surface area contributed by atoms with Crippen molar-refractivity contribution in [1.82, 2.24) is 9.55 Å². The molecule has 0 radical (unpaired) electrons. The van der Waals surface area contributed by atoms with Gasteiger partial charge in [0.2, 0.25) is 12.2 Å². The van der Waals surface area contributed by atoms with Crippen molar-refractivity contribution in [2.75, 3.05) is 6.26 Å². The lowest BCUT2D eigenvalue weighted by atomic mass is 9.99. The molecule has 1 aromatic heterocycles. The summed E-state index contributed by atoms with van der Waals surface area (Å²) in [6.45, 7) is 0.171. The van der Waals surface area contributed by atoms with Crippen molar-refractivity contribution in [3.8, 4) is 11.5 Å². The molecule has 204 valence electrons. The lowest BCUT2D eigenvalue weighted by molar-refractivity contribution is -0.271. The molecule has 13 heteroatoms. The molecule has 1 aliphatic rings. The number of aliphatic carboxylic acids is 1. The summed E-state index contributed by atoms with van der Waals surface area (Å²) < 4.78 is 18.5. The van der Waals surface area contributed by atoms with Crippen molar-refractivity contribution in [3.63, 3.8) is 0 Å². The number of amides is 1. The number of ether oxygens (including phenoxy) is 3. The van der Waals surface area contributed by atoms with Crippen molar-refractivity contribution >= 4 is 34.7 Å². The first kappa shape index (κ1) is 27.7. The summed E-state index contributed by atoms with van der Waals surface area (Å²) in [6, 6.07) is 12.3. The number of aliphatic hydroxyl groups excluding tert-OH is 3. The van der Waals surface area contributed by atoms with Crippen LogP contribution in [0.5, 0.6) is 11.5 Å². The minimum Gasteiger partial charge on any atom is -0.486 e. The zero-order chi connectivity index (χ0) is 27.6. The van der Waals surface area contributed by atoms with E-state index in [9.17, 15) is 30.0 Å². The van der Waals surface area contributed by atoms with Crippen LogP contribution in [0.1, 0.15) is 11.4 Å². The number of thioether (sulfide) groups is 1. The number of carboxylic acids is 1. The van der Waals surface area contributed by atoms with Crippen molar-refractivity contribution in [2.24, 2.45) is 12.8 Å². The standard InChI is InChI=1S/C25H29N3O9S/c1-28-16-10-14(36-25-21(31)19(29)20(30)22(37-25)24(33)34)7-8-15(16)27-18(28)11-35-13-5-3-12(4-6-13)9-17(38-2)23(26)32/h3-8,10,17,19-22,25,29-31H,9,11H2,1-2H3,(H2,26,32)(H,33,34)/t17?,19-,20+,21?,22?,25-/m1/s1. The second kappa shape index (κ2) is 11.6. The van der Waals surface area contributed by atoms with E-state index in [0.717, 1.165) is 5.56 Å². The molecule has 0 saturated carbocycles. The van der Waals surface area contributed by atoms with Crippen LogP contribution in [0.4, 0.5) is 0 Å². The predicted molar refractivity (Wildman–Crippen MR) is 137 cm³/mol. The summed E-state index contributed by atoms with van der Waals surface area (Å²) in [6.07, 6.45) is -6.12. The lowest BCUT2D eigenvalue weighted by Gasteiger charge is -2.38. The predicted octanol–water partition coefficient (Wildman–Crippen LogP) is 0.183. The summed E-state index contributed by atoms with van der Waals surface area (Å²) in [5.74, 6) is -0.359. The van der Waals surface area contributed by atoms with E-state index in [4.69, 9.17) is 19.9 Å². The third-order valence-corrected chi connectivity index (χ3v) is 7.29. The third-order valence-electron chi connectivity index (χ3n) is 6.32. The van der Waals surface area contributed by atoms with Gasteiger partial charge >= 0.3 is 5.97 Å². The number of nitrogens with two attached hydrogens (primary N) is 1. The average Bonchev–Trinajstić information content (AvgIpc) is 3.21. The molecule has 1 saturated heterocycles. The van der Waals surface area contributed by atoms with E-state index in [0.29, 0.717) is 29.0 Å². The summed E-state index contributed by atoms with van der Waals surface area (Å²) in [5.41, 5.74) is 7.70. The van der Waals surface area contributed by atoms with E-state index < -0.39 is 36.7 Å². The highest BCUT2D eigenvalue weighted by molar-refractivity contribution is 7.99. The lowest BCUT2D eigenvalue weighted by Crippen LogP contribution is -2.61. The summed E-state index contributed by atoms with van der Waals surface area (Å²) in [5, 5.41) is 39.0. The van der Waals surface area contributed by atoms with Gasteiger partial charge in [-0.05, 0) is 42.5 Å². The first-order chi connectivity index (χ1) is 18.1. The Morgan fingerprint density at radius 1 is 1.11 bits per heavy atom. The maximum Gasteiger partial charge on any atom is 0.335 e. The van der Waals surface area contributed by atoms with Gasteiger partial charge in [-0.3, -0.25) is 4.79 Å². The number of aryl methyl sites for hydroxylation is 1. The fourth-order valence-electron chi connectivity index (χ4n) is 4.09. The number of hydrogen-bond acceptors (Lipinski definition) is 10. The minimum absolute atomic E-state index is 0.171. The second-order valence-electron chi connectivity index (χ2n) is 8.85. The molecule has 2 heterocycles. The molecule has 38 heavy (non-hydrogen) atoms. The number of carbonyl (C=O) groups is 2. The van der Waals surface area contributed by atoms with Crippen molar-refractivity contribution in [1.29, 1.82) is 0 Å². The quantitative estimate of drug-likeness (QED) is 0.233. The van der Waals surface area contributed by atoms with Gasteiger partial charge < -0.3 is 44.9 Å². The highest BCUT2D eigenvalue weighted by Gasteiger charge is 2.48. The molecule has 3 aromatic rings. The Labute approximate surface area is 221 Å². The van der Waals surface area contributed by atoms with Crippen LogP contribution in [0.15, 0.2) is 42.5 Å². The molecule has 1 fully saturated rings. The third kappa shape index (κ3) is 5.87. The van der Waals surface area contributed by atoms with Gasteiger partial charge in [0.05, 0.1) is 16.3 Å². The van der Waals surface area contributed by atoms with E-state index in [1.165, 1.54) is 11.8 Å². The Kier molecular flexibility index (Phi) is 8.43. The number of aliphatic hydroxyl groups is 3. The van der Waals surface area contributed by atoms with Crippen LogP contribution in [0.25, 0.3) is 11.0 Å². The van der Waals surface area contributed by atoms with Crippen LogP contribution < -0.4 is 15.2 Å². The molecule has 0 bridgehead atoms. The van der Waals surface area contributed by atoms with Crippen LogP contribution in [0.2, 0.25) is 0 Å². The number of carboxylic acid groups (broad SMARTS) is 1. The summed E-state index contributed by atoms with van der Waals surface area (Å²) in [7, 11) is 1.79. The number of rotatable bonds is 10. The number of carbonyl (C=O) groups excluding carboxylic acids is 1. The van der Waals surface area contributed by atoms with Crippen LogP contribution in [-0.4, -0.2) is 84.1 Å². The highest BCUT2D eigenvalue weighted by Crippen LogP contribution is 2.27. The molecule has 4 rings (SSSR count). The normalized spacial score (nSPS) is 24.2. The van der Waals surface area contributed by atoms with Crippen LogP contribution >= 0.6 is 11.8 Å². The van der Waals surface area contributed by atoms with Gasteiger partial charge in [0.25, 0.3) is 0 Å². The average molecular weight is 548 g/mol. The SMILES string of the molecule is CSC(Cc1ccc(OCc2nc3ccc(O[C@@H]4OC(C(=O)O)[C@@H](O)[C@@H](O)C4O)cc3n2C)cc1)C(N)=O. The fourth-order valence-corrected chi connectivity index (χ4v) is 4.68. The van der Waals surface area contributed by atoms with Crippen molar-refractivity contribution in [2.45, 2.75) is 49.0 Å². The van der Waals surface area contributed by atoms with Gasteiger partial charge in [0.1, 0.15) is 42.2 Å². The molecule has 1 aliphatic heterocycles. The Balaban J connectivity index is 1.43. The first-order valence-corrected chi connectivity index (χ1v) is 13.0. The molecule has 2 aromatic carbocycles. The van der Waals surface area contributed by atoms with Crippen molar-refractivity contribution < 1.29 is 44.2 Å². The number of aromatic nitrogens is 2. The Morgan fingerprint density at radius 2 is 1.79 bits per heavy atom. The van der Waals surface area contributed by atoms with E-state index in [1.54, 1.807) is 29.8 Å². The maximum atomic E-state index is 11.5. The minimum atomic E-state index is -1.80. The van der Waals surface area contributed by atoms with E-state index in [1.807, 2.05) is 30.5 Å². The van der Waals surface area contributed by atoms with Gasteiger partial charge in [-0.1, -0.05) is 12.1 Å². The number of primary amides is 1.